The van der Waals surface area contributed by atoms with Gasteiger partial charge in [-0.05, 0) is 43.2 Å². The van der Waals surface area contributed by atoms with E-state index in [0.29, 0.717) is 16.5 Å². The molecule has 0 amide bonds. The molecule has 0 spiro atoms. The second-order valence-electron chi connectivity index (χ2n) is 5.98. The molecule has 1 aliphatic heterocycles. The van der Waals surface area contributed by atoms with E-state index in [9.17, 15) is 8.42 Å². The highest BCUT2D eigenvalue weighted by Crippen LogP contribution is 2.34. The van der Waals surface area contributed by atoms with Gasteiger partial charge < -0.3 is 14.4 Å². The number of anilines is 2. The van der Waals surface area contributed by atoms with E-state index in [1.54, 1.807) is 18.2 Å². The maximum Gasteiger partial charge on any atom is 0.265 e. The lowest BCUT2D eigenvalue weighted by Gasteiger charge is -2.20. The molecule has 8 heteroatoms. The highest BCUT2D eigenvalue weighted by molar-refractivity contribution is 7.92. The first-order valence-corrected chi connectivity index (χ1v) is 10.1. The molecular formula is C18H21ClN2O4S. The van der Waals surface area contributed by atoms with E-state index in [4.69, 9.17) is 21.1 Å². The number of sulfonamides is 1. The van der Waals surface area contributed by atoms with E-state index in [2.05, 4.69) is 9.62 Å². The van der Waals surface area contributed by atoms with Crippen molar-refractivity contribution < 1.29 is 17.9 Å². The molecule has 1 aliphatic rings. The lowest BCUT2D eigenvalue weighted by molar-refractivity contribution is 0.386. The van der Waals surface area contributed by atoms with Gasteiger partial charge in [-0.2, -0.15) is 0 Å². The van der Waals surface area contributed by atoms with Crippen molar-refractivity contribution in [3.63, 3.8) is 0 Å². The van der Waals surface area contributed by atoms with Crippen LogP contribution in [-0.4, -0.2) is 35.7 Å². The van der Waals surface area contributed by atoms with Gasteiger partial charge in [0.1, 0.15) is 16.4 Å². The van der Waals surface area contributed by atoms with Gasteiger partial charge in [0.2, 0.25) is 0 Å². The number of nitrogens with one attached hydrogen (secondary N) is 1. The summed E-state index contributed by atoms with van der Waals surface area (Å²) in [5.41, 5.74) is 1.29. The number of ether oxygens (including phenoxy) is 2. The molecule has 1 fully saturated rings. The normalized spacial score (nSPS) is 14.3. The van der Waals surface area contributed by atoms with E-state index in [-0.39, 0.29) is 10.6 Å². The van der Waals surface area contributed by atoms with Crippen molar-refractivity contribution in [2.45, 2.75) is 17.7 Å². The SMILES string of the molecule is COc1ccc(S(=O)(=O)Nc2cc(N3CCCC3)ccc2Cl)c(OC)c1. The summed E-state index contributed by atoms with van der Waals surface area (Å²) < 4.78 is 38.6. The van der Waals surface area contributed by atoms with Crippen LogP contribution in [0, 0.1) is 0 Å². The van der Waals surface area contributed by atoms with Crippen LogP contribution in [-0.2, 0) is 10.0 Å². The van der Waals surface area contributed by atoms with Gasteiger partial charge in [0.25, 0.3) is 10.0 Å². The summed E-state index contributed by atoms with van der Waals surface area (Å²) in [6.07, 6.45) is 2.26. The van der Waals surface area contributed by atoms with Gasteiger partial charge in [-0.1, -0.05) is 11.6 Å². The minimum Gasteiger partial charge on any atom is -0.497 e. The summed E-state index contributed by atoms with van der Waals surface area (Å²) in [5.74, 6) is 0.707. The van der Waals surface area contributed by atoms with Crippen LogP contribution in [0.4, 0.5) is 11.4 Å². The predicted molar refractivity (Wildman–Crippen MR) is 103 cm³/mol. The lowest BCUT2D eigenvalue weighted by atomic mass is 10.2. The third-order valence-electron chi connectivity index (χ3n) is 4.33. The average molecular weight is 397 g/mol. The van der Waals surface area contributed by atoms with Crippen molar-refractivity contribution >= 4 is 33.0 Å². The second kappa shape index (κ2) is 7.63. The molecule has 2 aromatic rings. The molecule has 1 saturated heterocycles. The fraction of sp³-hybridized carbons (Fsp3) is 0.333. The highest BCUT2D eigenvalue weighted by atomic mass is 35.5. The third-order valence-corrected chi connectivity index (χ3v) is 6.06. The molecule has 0 aromatic heterocycles. The van der Waals surface area contributed by atoms with Crippen molar-refractivity contribution in [3.05, 3.63) is 41.4 Å². The van der Waals surface area contributed by atoms with Crippen LogP contribution in [0.25, 0.3) is 0 Å². The molecule has 0 saturated carbocycles. The Balaban J connectivity index is 1.93. The Morgan fingerprint density at radius 3 is 2.42 bits per heavy atom. The monoisotopic (exact) mass is 396 g/mol. The van der Waals surface area contributed by atoms with Crippen LogP contribution < -0.4 is 19.1 Å². The number of benzene rings is 2. The topological polar surface area (TPSA) is 67.9 Å². The van der Waals surface area contributed by atoms with Crippen LogP contribution in [0.2, 0.25) is 5.02 Å². The van der Waals surface area contributed by atoms with E-state index in [0.717, 1.165) is 31.6 Å². The number of methoxy groups -OCH3 is 2. The Labute approximate surface area is 158 Å². The molecule has 140 valence electrons. The summed E-state index contributed by atoms with van der Waals surface area (Å²) >= 11 is 6.22. The zero-order valence-corrected chi connectivity index (χ0v) is 16.2. The Morgan fingerprint density at radius 2 is 1.77 bits per heavy atom. The van der Waals surface area contributed by atoms with Crippen molar-refractivity contribution in [2.24, 2.45) is 0 Å². The smallest absolute Gasteiger partial charge is 0.265 e. The molecule has 2 aromatic carbocycles. The quantitative estimate of drug-likeness (QED) is 0.805. The molecule has 6 nitrogen and oxygen atoms in total. The molecule has 0 radical (unpaired) electrons. The summed E-state index contributed by atoms with van der Waals surface area (Å²) in [4.78, 5) is 2.23. The second-order valence-corrected chi connectivity index (χ2v) is 8.04. The lowest BCUT2D eigenvalue weighted by Crippen LogP contribution is -2.18. The zero-order valence-electron chi connectivity index (χ0n) is 14.7. The van der Waals surface area contributed by atoms with Crippen LogP contribution in [0.3, 0.4) is 0 Å². The van der Waals surface area contributed by atoms with Gasteiger partial charge in [0.05, 0.1) is 24.9 Å². The van der Waals surface area contributed by atoms with Gasteiger partial charge in [-0.3, -0.25) is 4.72 Å². The number of hydrogen-bond donors (Lipinski definition) is 1. The van der Waals surface area contributed by atoms with Crippen LogP contribution >= 0.6 is 11.6 Å². The molecule has 26 heavy (non-hydrogen) atoms. The zero-order chi connectivity index (χ0) is 18.7. The van der Waals surface area contributed by atoms with Gasteiger partial charge in [-0.15, -0.1) is 0 Å². The first-order valence-electron chi connectivity index (χ1n) is 8.24. The first-order chi connectivity index (χ1) is 12.4. The van der Waals surface area contributed by atoms with Crippen molar-refractivity contribution in [3.8, 4) is 11.5 Å². The molecule has 0 bridgehead atoms. The Bertz CT molecular complexity index is 896. The summed E-state index contributed by atoms with van der Waals surface area (Å²) in [5, 5.41) is 0.337. The molecule has 0 unspecified atom stereocenters. The van der Waals surface area contributed by atoms with Gasteiger partial charge in [0.15, 0.2) is 0 Å². The first kappa shape index (κ1) is 18.7. The minimum absolute atomic E-state index is 0.0171. The van der Waals surface area contributed by atoms with E-state index in [1.807, 2.05) is 6.07 Å². The standard InChI is InChI=1S/C18H21ClN2O4S/c1-24-14-6-8-18(17(12-14)25-2)26(22,23)20-16-11-13(5-7-15(16)19)21-9-3-4-10-21/h5-8,11-12,20H,3-4,9-10H2,1-2H3. The fourth-order valence-electron chi connectivity index (χ4n) is 2.96. The third kappa shape index (κ3) is 3.83. The number of nitrogens with zero attached hydrogens (tertiary/aromatic N) is 1. The molecule has 1 heterocycles. The van der Waals surface area contributed by atoms with Crippen molar-refractivity contribution in [1.82, 2.24) is 0 Å². The molecule has 1 N–H and O–H groups in total. The maximum atomic E-state index is 12.9. The fourth-order valence-corrected chi connectivity index (χ4v) is 4.40. The van der Waals surface area contributed by atoms with Crippen LogP contribution in [0.1, 0.15) is 12.8 Å². The summed E-state index contributed by atoms with van der Waals surface area (Å²) in [6, 6.07) is 9.91. The van der Waals surface area contributed by atoms with Gasteiger partial charge in [0, 0.05) is 24.8 Å². The molecule has 3 rings (SSSR count). The Hall–Kier alpha value is -2.12. The number of halogens is 1. The van der Waals surface area contributed by atoms with Crippen LogP contribution in [0.15, 0.2) is 41.3 Å². The van der Waals surface area contributed by atoms with Crippen molar-refractivity contribution in [2.75, 3.05) is 36.9 Å². The molecule has 0 aliphatic carbocycles. The maximum absolute atomic E-state index is 12.9. The highest BCUT2D eigenvalue weighted by Gasteiger charge is 2.22. The van der Waals surface area contributed by atoms with E-state index >= 15 is 0 Å². The van der Waals surface area contributed by atoms with Crippen LogP contribution in [0.5, 0.6) is 11.5 Å². The molecule has 0 atom stereocenters. The van der Waals surface area contributed by atoms with Crippen molar-refractivity contribution in [1.29, 1.82) is 0 Å². The predicted octanol–water partition coefficient (Wildman–Crippen LogP) is 3.76. The Morgan fingerprint density at radius 1 is 1.04 bits per heavy atom. The van der Waals surface area contributed by atoms with Gasteiger partial charge in [-0.25, -0.2) is 8.42 Å². The minimum atomic E-state index is -3.88. The largest absolute Gasteiger partial charge is 0.497 e. The van der Waals surface area contributed by atoms with E-state index in [1.165, 1.54) is 26.4 Å². The summed E-state index contributed by atoms with van der Waals surface area (Å²) in [7, 11) is -0.961. The van der Waals surface area contributed by atoms with Gasteiger partial charge >= 0.3 is 0 Å². The Kier molecular flexibility index (Phi) is 5.48. The number of hydrogen-bond acceptors (Lipinski definition) is 5. The summed E-state index contributed by atoms with van der Waals surface area (Å²) in [6.45, 7) is 1.92. The molecular weight excluding hydrogens is 376 g/mol. The number of rotatable bonds is 6. The average Bonchev–Trinajstić information content (AvgIpc) is 3.17. The van der Waals surface area contributed by atoms with E-state index < -0.39 is 10.0 Å².